The Balaban J connectivity index is 1.93. The van der Waals surface area contributed by atoms with E-state index in [1.165, 1.54) is 0 Å². The summed E-state index contributed by atoms with van der Waals surface area (Å²) in [6.07, 6.45) is 0.903. The normalized spacial score (nSPS) is 14.4. The lowest BCUT2D eigenvalue weighted by atomic mass is 10.1. The van der Waals surface area contributed by atoms with E-state index < -0.39 is 6.10 Å². The molecule has 0 aliphatic rings. The second-order valence-corrected chi connectivity index (χ2v) is 4.59. The largest absolute Gasteiger partial charge is 0.467 e. The van der Waals surface area contributed by atoms with Crippen LogP contribution in [0.25, 0.3) is 0 Å². The number of hydrogen-bond acceptors (Lipinski definition) is 3. The van der Waals surface area contributed by atoms with Crippen molar-refractivity contribution in [2.45, 2.75) is 19.1 Å². The van der Waals surface area contributed by atoms with Crippen LogP contribution in [0.3, 0.4) is 0 Å². The fourth-order valence-corrected chi connectivity index (χ4v) is 2.11. The van der Waals surface area contributed by atoms with E-state index in [9.17, 15) is 5.11 Å². The number of hydrogen-bond donors (Lipinski definition) is 2. The molecule has 96 valence electrons. The van der Waals surface area contributed by atoms with E-state index in [0.29, 0.717) is 12.3 Å². The first-order valence-corrected chi connectivity index (χ1v) is 6.25. The Morgan fingerprint density at radius 3 is 2.72 bits per heavy atom. The lowest BCUT2D eigenvalue weighted by molar-refractivity contribution is 0.144. The molecular weight excluding hydrogens is 250 g/mol. The summed E-state index contributed by atoms with van der Waals surface area (Å²) in [6.45, 7) is 2.43. The topological polar surface area (TPSA) is 45.4 Å². The average Bonchev–Trinajstić information content (AvgIpc) is 2.90. The summed E-state index contributed by atoms with van der Waals surface area (Å²) < 4.78 is 5.14. The van der Waals surface area contributed by atoms with E-state index in [-0.39, 0.29) is 6.04 Å². The van der Waals surface area contributed by atoms with E-state index in [2.05, 4.69) is 5.32 Å². The molecule has 2 atom stereocenters. The minimum Gasteiger partial charge on any atom is -0.467 e. The molecule has 0 radical (unpaired) electrons. The number of rotatable bonds is 5. The van der Waals surface area contributed by atoms with E-state index in [1.54, 1.807) is 18.4 Å². The molecule has 2 rings (SSSR count). The molecule has 1 heterocycles. The van der Waals surface area contributed by atoms with E-state index in [1.807, 2.05) is 31.2 Å². The molecule has 18 heavy (non-hydrogen) atoms. The number of aliphatic hydroxyl groups is 1. The first kappa shape index (κ1) is 13.1. The van der Waals surface area contributed by atoms with Crippen LogP contribution in [0, 0.1) is 0 Å². The lowest BCUT2D eigenvalue weighted by Gasteiger charge is -2.17. The number of benzene rings is 1. The second-order valence-electron chi connectivity index (χ2n) is 4.18. The molecule has 2 unspecified atom stereocenters. The number of furan rings is 1. The van der Waals surface area contributed by atoms with Crippen molar-refractivity contribution in [1.82, 2.24) is 5.32 Å². The van der Waals surface area contributed by atoms with Gasteiger partial charge in [0.05, 0.1) is 6.26 Å². The summed E-state index contributed by atoms with van der Waals surface area (Å²) >= 11 is 6.11. The molecule has 1 aromatic carbocycles. The zero-order chi connectivity index (χ0) is 13.0. The van der Waals surface area contributed by atoms with Crippen LogP contribution in [-0.4, -0.2) is 11.7 Å². The van der Waals surface area contributed by atoms with Gasteiger partial charge in [-0.3, -0.25) is 0 Å². The standard InChI is InChI=1S/C14H16ClNO2/c1-10(11-5-2-3-6-12(11)15)16-9-13(17)14-7-4-8-18-14/h2-8,10,13,16-17H,9H2,1H3. The van der Waals surface area contributed by atoms with Crippen LogP contribution in [0.2, 0.25) is 5.02 Å². The molecule has 0 saturated carbocycles. The molecule has 0 spiro atoms. The molecule has 0 fully saturated rings. The SMILES string of the molecule is CC(NCC(O)c1ccco1)c1ccccc1Cl. The van der Waals surface area contributed by atoms with Crippen molar-refractivity contribution in [2.75, 3.05) is 6.54 Å². The molecule has 1 aromatic heterocycles. The summed E-state index contributed by atoms with van der Waals surface area (Å²) in [5.74, 6) is 0.564. The monoisotopic (exact) mass is 265 g/mol. The van der Waals surface area contributed by atoms with Crippen LogP contribution < -0.4 is 5.32 Å². The van der Waals surface area contributed by atoms with Gasteiger partial charge in [0.25, 0.3) is 0 Å². The van der Waals surface area contributed by atoms with E-state index >= 15 is 0 Å². The molecule has 0 bridgehead atoms. The van der Waals surface area contributed by atoms with Crippen molar-refractivity contribution in [3.05, 3.63) is 59.0 Å². The lowest BCUT2D eigenvalue weighted by Crippen LogP contribution is -2.24. The highest BCUT2D eigenvalue weighted by Crippen LogP contribution is 2.22. The van der Waals surface area contributed by atoms with Crippen molar-refractivity contribution >= 4 is 11.6 Å². The predicted molar refractivity (Wildman–Crippen MR) is 71.5 cm³/mol. The zero-order valence-corrected chi connectivity index (χ0v) is 10.9. The van der Waals surface area contributed by atoms with Crippen molar-refractivity contribution in [3.63, 3.8) is 0 Å². The van der Waals surface area contributed by atoms with Gasteiger partial charge in [-0.05, 0) is 30.7 Å². The third-order valence-corrected chi connectivity index (χ3v) is 3.20. The molecule has 2 N–H and O–H groups in total. The summed E-state index contributed by atoms with van der Waals surface area (Å²) in [7, 11) is 0. The Bertz CT molecular complexity index is 484. The molecule has 4 heteroatoms. The minimum atomic E-state index is -0.648. The smallest absolute Gasteiger partial charge is 0.133 e. The number of nitrogens with one attached hydrogen (secondary N) is 1. The summed E-state index contributed by atoms with van der Waals surface area (Å²) in [5.41, 5.74) is 1.02. The highest BCUT2D eigenvalue weighted by molar-refractivity contribution is 6.31. The van der Waals surface area contributed by atoms with Gasteiger partial charge < -0.3 is 14.8 Å². The molecular formula is C14H16ClNO2. The van der Waals surface area contributed by atoms with Crippen LogP contribution in [0.4, 0.5) is 0 Å². The van der Waals surface area contributed by atoms with Gasteiger partial charge in [0.1, 0.15) is 11.9 Å². The number of halogens is 1. The second kappa shape index (κ2) is 6.05. The Labute approximate surface area is 111 Å². The first-order chi connectivity index (χ1) is 8.68. The Morgan fingerprint density at radius 1 is 1.28 bits per heavy atom. The summed E-state index contributed by atoms with van der Waals surface area (Å²) in [6, 6.07) is 11.3. The van der Waals surface area contributed by atoms with Gasteiger partial charge in [-0.25, -0.2) is 0 Å². The molecule has 0 aliphatic heterocycles. The fraction of sp³-hybridized carbons (Fsp3) is 0.286. The van der Waals surface area contributed by atoms with Gasteiger partial charge in [0.15, 0.2) is 0 Å². The molecule has 2 aromatic rings. The van der Waals surface area contributed by atoms with Gasteiger partial charge in [-0.15, -0.1) is 0 Å². The molecule has 0 aliphatic carbocycles. The van der Waals surface area contributed by atoms with Crippen molar-refractivity contribution in [3.8, 4) is 0 Å². The van der Waals surface area contributed by atoms with Crippen LogP contribution in [-0.2, 0) is 0 Å². The van der Waals surface area contributed by atoms with Crippen LogP contribution >= 0.6 is 11.6 Å². The Kier molecular flexibility index (Phi) is 4.42. The van der Waals surface area contributed by atoms with Gasteiger partial charge in [-0.2, -0.15) is 0 Å². The van der Waals surface area contributed by atoms with Crippen molar-refractivity contribution in [2.24, 2.45) is 0 Å². The fourth-order valence-electron chi connectivity index (χ4n) is 1.81. The van der Waals surface area contributed by atoms with Gasteiger partial charge in [0.2, 0.25) is 0 Å². The Hall–Kier alpha value is -1.29. The maximum absolute atomic E-state index is 9.89. The summed E-state index contributed by atoms with van der Waals surface area (Å²) in [4.78, 5) is 0. The highest BCUT2D eigenvalue weighted by atomic mass is 35.5. The summed E-state index contributed by atoms with van der Waals surface area (Å²) in [5, 5.41) is 13.8. The van der Waals surface area contributed by atoms with Crippen molar-refractivity contribution in [1.29, 1.82) is 0 Å². The maximum atomic E-state index is 9.89. The van der Waals surface area contributed by atoms with Crippen LogP contribution in [0.5, 0.6) is 0 Å². The predicted octanol–water partition coefficient (Wildman–Crippen LogP) is 3.32. The van der Waals surface area contributed by atoms with Gasteiger partial charge in [-0.1, -0.05) is 29.8 Å². The minimum absolute atomic E-state index is 0.0725. The van der Waals surface area contributed by atoms with E-state index in [0.717, 1.165) is 10.6 Å². The van der Waals surface area contributed by atoms with E-state index in [4.69, 9.17) is 16.0 Å². The van der Waals surface area contributed by atoms with Crippen LogP contribution in [0.1, 0.15) is 30.4 Å². The zero-order valence-electron chi connectivity index (χ0n) is 10.1. The average molecular weight is 266 g/mol. The van der Waals surface area contributed by atoms with Crippen molar-refractivity contribution < 1.29 is 9.52 Å². The highest BCUT2D eigenvalue weighted by Gasteiger charge is 2.13. The van der Waals surface area contributed by atoms with Gasteiger partial charge >= 0.3 is 0 Å². The number of aliphatic hydroxyl groups excluding tert-OH is 1. The first-order valence-electron chi connectivity index (χ1n) is 5.87. The van der Waals surface area contributed by atoms with Gasteiger partial charge in [0, 0.05) is 17.6 Å². The quantitative estimate of drug-likeness (QED) is 0.872. The van der Waals surface area contributed by atoms with Crippen LogP contribution in [0.15, 0.2) is 47.1 Å². The molecule has 0 amide bonds. The molecule has 3 nitrogen and oxygen atoms in total. The Morgan fingerprint density at radius 2 is 2.06 bits per heavy atom. The third kappa shape index (κ3) is 3.13. The molecule has 0 saturated heterocycles. The third-order valence-electron chi connectivity index (χ3n) is 2.86. The maximum Gasteiger partial charge on any atom is 0.133 e.